The van der Waals surface area contributed by atoms with Crippen LogP contribution in [0.3, 0.4) is 0 Å². The molecule has 0 atom stereocenters. The average Bonchev–Trinajstić information content (AvgIpc) is 2.59. The van der Waals surface area contributed by atoms with Gasteiger partial charge in [0.05, 0.1) is 17.4 Å². The number of aryl methyl sites for hydroxylation is 2. The van der Waals surface area contributed by atoms with E-state index in [2.05, 4.69) is 10.3 Å². The van der Waals surface area contributed by atoms with Gasteiger partial charge in [-0.05, 0) is 4.80 Å². The van der Waals surface area contributed by atoms with E-state index in [-0.39, 0.29) is 29.3 Å². The highest BCUT2D eigenvalue weighted by atomic mass is 79.9. The fourth-order valence-corrected chi connectivity index (χ4v) is 1.38. The maximum absolute atomic E-state index is 11.8. The number of Topliss-reactive ketones (excluding diaryl/α,β-unsaturated/α-hetero) is 1. The Morgan fingerprint density at radius 1 is 1.35 bits per heavy atom. The highest BCUT2D eigenvalue weighted by Gasteiger charge is 2.15. The van der Waals surface area contributed by atoms with E-state index in [1.54, 1.807) is 23.9 Å². The Bertz CT molecular complexity index is 490. The Labute approximate surface area is 110 Å². The van der Waals surface area contributed by atoms with Gasteiger partial charge in [0.2, 0.25) is 5.78 Å². The molecule has 0 saturated carbocycles. The second-order valence-corrected chi connectivity index (χ2v) is 3.58. The molecule has 0 spiro atoms. The number of hydrogen-bond acceptors (Lipinski definition) is 3. The third kappa shape index (κ3) is 3.20. The molecular formula is C11H13BrN4O. The van der Waals surface area contributed by atoms with Crippen LogP contribution >= 0.6 is 0 Å². The topological polar surface area (TPSA) is 51.7 Å². The molecule has 0 aliphatic heterocycles. The van der Waals surface area contributed by atoms with Crippen molar-refractivity contribution < 1.29 is 26.5 Å². The minimum atomic E-state index is 0. The first-order valence-corrected chi connectivity index (χ1v) is 5.03. The van der Waals surface area contributed by atoms with E-state index >= 15 is 0 Å². The highest BCUT2D eigenvalue weighted by Crippen LogP contribution is 2.00. The molecule has 0 radical (unpaired) electrons. The zero-order valence-corrected chi connectivity index (χ0v) is 11.3. The summed E-state index contributed by atoms with van der Waals surface area (Å²) in [7, 11) is 1.80. The standard InChI is InChI=1S/C11H13N4O.BrH/c1-9-12-15(13-14(9)2)8-11(16)10-6-4-3-5-7-10;/h3-7H,8H2,1-2H3;1H/q+1;/p-1. The predicted octanol–water partition coefficient (Wildman–Crippen LogP) is -2.70. The van der Waals surface area contributed by atoms with E-state index in [9.17, 15) is 4.79 Å². The van der Waals surface area contributed by atoms with Gasteiger partial charge in [0.1, 0.15) is 0 Å². The van der Waals surface area contributed by atoms with Gasteiger partial charge >= 0.3 is 0 Å². The molecule has 6 heteroatoms. The molecule has 0 bridgehead atoms. The van der Waals surface area contributed by atoms with E-state index < -0.39 is 0 Å². The van der Waals surface area contributed by atoms with Gasteiger partial charge in [-0.1, -0.05) is 30.3 Å². The van der Waals surface area contributed by atoms with Gasteiger partial charge in [0.15, 0.2) is 6.54 Å². The number of carbonyl (C=O) groups excluding carboxylic acids is 1. The molecule has 2 rings (SSSR count). The second kappa shape index (κ2) is 5.67. The number of aromatic nitrogens is 4. The Kier molecular flexibility index (Phi) is 4.51. The van der Waals surface area contributed by atoms with E-state index in [4.69, 9.17) is 0 Å². The van der Waals surface area contributed by atoms with Crippen LogP contribution in [0.25, 0.3) is 0 Å². The molecule has 1 aromatic heterocycles. The van der Waals surface area contributed by atoms with Crippen molar-refractivity contribution in [2.24, 2.45) is 7.05 Å². The average molecular weight is 297 g/mol. The van der Waals surface area contributed by atoms with E-state index in [0.29, 0.717) is 5.56 Å². The predicted molar refractivity (Wildman–Crippen MR) is 56.7 cm³/mol. The van der Waals surface area contributed by atoms with E-state index in [1.807, 2.05) is 25.1 Å². The molecule has 1 aromatic carbocycles. The summed E-state index contributed by atoms with van der Waals surface area (Å²) in [6.45, 7) is 2.02. The number of nitrogens with zero attached hydrogens (tertiary/aromatic N) is 4. The van der Waals surface area contributed by atoms with Crippen LogP contribution in [-0.2, 0) is 13.6 Å². The van der Waals surface area contributed by atoms with Crippen LogP contribution in [0.5, 0.6) is 0 Å². The fourth-order valence-electron chi connectivity index (χ4n) is 1.38. The van der Waals surface area contributed by atoms with Crippen molar-refractivity contribution in [3.8, 4) is 0 Å². The lowest BCUT2D eigenvalue weighted by Gasteiger charge is -1.94. The molecule has 2 aromatic rings. The first kappa shape index (κ1) is 13.5. The smallest absolute Gasteiger partial charge is 0.295 e. The molecule has 0 fully saturated rings. The molecule has 0 aliphatic carbocycles. The minimum absolute atomic E-state index is 0. The lowest BCUT2D eigenvalue weighted by atomic mass is 10.1. The van der Waals surface area contributed by atoms with Gasteiger partial charge < -0.3 is 17.0 Å². The molecule has 0 unspecified atom stereocenters. The number of hydrogen-bond donors (Lipinski definition) is 0. The molecule has 17 heavy (non-hydrogen) atoms. The van der Waals surface area contributed by atoms with Crippen LogP contribution in [0.15, 0.2) is 30.3 Å². The Balaban J connectivity index is 0.00000144. The lowest BCUT2D eigenvalue weighted by Crippen LogP contribution is -3.00. The molecule has 0 N–H and O–H groups in total. The monoisotopic (exact) mass is 296 g/mol. The van der Waals surface area contributed by atoms with Crippen molar-refractivity contribution >= 4 is 5.78 Å². The lowest BCUT2D eigenvalue weighted by molar-refractivity contribution is -0.738. The summed E-state index contributed by atoms with van der Waals surface area (Å²) in [6, 6.07) is 9.15. The molecule has 0 amide bonds. The van der Waals surface area contributed by atoms with Gasteiger partial charge in [0.25, 0.3) is 5.82 Å². The molecular weight excluding hydrogens is 284 g/mol. The summed E-state index contributed by atoms with van der Waals surface area (Å²) in [6.07, 6.45) is 0. The van der Waals surface area contributed by atoms with Crippen molar-refractivity contribution in [2.45, 2.75) is 13.5 Å². The number of benzene rings is 1. The molecule has 0 aliphatic rings. The number of halogens is 1. The maximum atomic E-state index is 11.8. The van der Waals surface area contributed by atoms with Crippen LogP contribution in [0.1, 0.15) is 16.2 Å². The molecule has 1 heterocycles. The minimum Gasteiger partial charge on any atom is -1.00 e. The van der Waals surface area contributed by atoms with E-state index in [1.165, 1.54) is 4.80 Å². The Morgan fingerprint density at radius 2 is 2.00 bits per heavy atom. The SMILES string of the molecule is Cc1nn(CC(=O)c2ccccc2)n[n+]1C.[Br-]. The third-order valence-corrected chi connectivity index (χ3v) is 2.35. The summed E-state index contributed by atoms with van der Waals surface area (Å²) < 4.78 is 1.64. The quantitative estimate of drug-likeness (QED) is 0.457. The second-order valence-electron chi connectivity index (χ2n) is 3.58. The number of rotatable bonds is 3. The van der Waals surface area contributed by atoms with Crippen LogP contribution in [0, 0.1) is 6.92 Å². The summed E-state index contributed by atoms with van der Waals surface area (Å²) in [5.41, 5.74) is 0.681. The van der Waals surface area contributed by atoms with Gasteiger partial charge in [0, 0.05) is 12.5 Å². The summed E-state index contributed by atoms with van der Waals surface area (Å²) >= 11 is 0. The zero-order chi connectivity index (χ0) is 11.5. The van der Waals surface area contributed by atoms with Crippen LogP contribution in [-0.4, -0.2) is 20.9 Å². The van der Waals surface area contributed by atoms with Crippen molar-refractivity contribution in [3.63, 3.8) is 0 Å². The normalized spacial score (nSPS) is 9.76. The largest absolute Gasteiger partial charge is 1.00 e. The maximum Gasteiger partial charge on any atom is 0.295 e. The summed E-state index contributed by atoms with van der Waals surface area (Å²) in [5.74, 6) is 0.789. The van der Waals surface area contributed by atoms with Gasteiger partial charge in [-0.15, -0.1) is 4.68 Å². The molecule has 90 valence electrons. The third-order valence-electron chi connectivity index (χ3n) is 2.35. The van der Waals surface area contributed by atoms with Crippen LogP contribution in [0.4, 0.5) is 0 Å². The van der Waals surface area contributed by atoms with E-state index in [0.717, 1.165) is 5.82 Å². The molecule has 0 saturated heterocycles. The Hall–Kier alpha value is -1.56. The zero-order valence-electron chi connectivity index (χ0n) is 9.67. The number of tetrazole rings is 1. The Morgan fingerprint density at radius 3 is 2.53 bits per heavy atom. The van der Waals surface area contributed by atoms with Crippen molar-refractivity contribution in [1.82, 2.24) is 15.1 Å². The first-order valence-electron chi connectivity index (χ1n) is 5.03. The summed E-state index contributed by atoms with van der Waals surface area (Å²) in [4.78, 5) is 13.2. The van der Waals surface area contributed by atoms with Crippen molar-refractivity contribution in [1.29, 1.82) is 0 Å². The van der Waals surface area contributed by atoms with Gasteiger partial charge in [-0.2, -0.15) is 0 Å². The van der Waals surface area contributed by atoms with Crippen LogP contribution < -0.4 is 21.7 Å². The highest BCUT2D eigenvalue weighted by molar-refractivity contribution is 5.95. The number of carbonyl (C=O) groups is 1. The van der Waals surface area contributed by atoms with Gasteiger partial charge in [-0.25, -0.2) is 0 Å². The number of ketones is 1. The first-order chi connectivity index (χ1) is 7.66. The van der Waals surface area contributed by atoms with Crippen LogP contribution in [0.2, 0.25) is 0 Å². The van der Waals surface area contributed by atoms with Gasteiger partial charge in [-0.3, -0.25) is 4.79 Å². The summed E-state index contributed by atoms with van der Waals surface area (Å²) in [5, 5.41) is 8.20. The molecule has 5 nitrogen and oxygen atoms in total. The fraction of sp³-hybridized carbons (Fsp3) is 0.273. The van der Waals surface area contributed by atoms with Crippen molar-refractivity contribution in [2.75, 3.05) is 0 Å². The van der Waals surface area contributed by atoms with Crippen molar-refractivity contribution in [3.05, 3.63) is 41.7 Å².